The Hall–Kier alpha value is -2.15. The molecule has 1 saturated heterocycles. The second kappa shape index (κ2) is 7.03. The highest BCUT2D eigenvalue weighted by Crippen LogP contribution is 2.18. The van der Waals surface area contributed by atoms with Gasteiger partial charge in [-0.25, -0.2) is 9.59 Å². The van der Waals surface area contributed by atoms with Crippen LogP contribution in [-0.4, -0.2) is 51.3 Å². The number of anilines is 1. The molecule has 1 aromatic rings. The van der Waals surface area contributed by atoms with Gasteiger partial charge in [-0.05, 0) is 18.9 Å². The monoisotopic (exact) mass is 293 g/mol. The maximum atomic E-state index is 12.3. The number of carboxylic acids is 1. The molecule has 1 atom stereocenters. The smallest absolute Gasteiger partial charge is 0.337 e. The maximum absolute atomic E-state index is 12.3. The molecule has 2 amide bonds. The molecule has 0 spiro atoms. The molecule has 2 heterocycles. The molecular formula is C14H19N3O4. The van der Waals surface area contributed by atoms with Crippen LogP contribution in [-0.2, 0) is 0 Å². The van der Waals surface area contributed by atoms with E-state index in [2.05, 4.69) is 10.3 Å². The molecule has 114 valence electrons. The van der Waals surface area contributed by atoms with Crippen molar-refractivity contribution >= 4 is 17.7 Å². The fourth-order valence-electron chi connectivity index (χ4n) is 2.46. The normalized spacial score (nSPS) is 18.9. The molecule has 0 saturated carbocycles. The highest BCUT2D eigenvalue weighted by molar-refractivity contribution is 5.92. The van der Waals surface area contributed by atoms with E-state index in [-0.39, 0.29) is 24.2 Å². The summed E-state index contributed by atoms with van der Waals surface area (Å²) in [5.41, 5.74) is 0.350. The average Bonchev–Trinajstić information content (AvgIpc) is 2.72. The zero-order valence-corrected chi connectivity index (χ0v) is 11.7. The Morgan fingerprint density at radius 2 is 2.14 bits per heavy atom. The van der Waals surface area contributed by atoms with Gasteiger partial charge in [0.15, 0.2) is 0 Å². The van der Waals surface area contributed by atoms with Crippen molar-refractivity contribution in [3.8, 4) is 0 Å². The Bertz CT molecular complexity index is 521. The second-order valence-electron chi connectivity index (χ2n) is 5.08. The number of aliphatic hydroxyl groups excluding tert-OH is 1. The number of aromatic carboxylic acids is 1. The number of pyridine rings is 1. The minimum atomic E-state index is -1.10. The average molecular weight is 293 g/mol. The first-order chi connectivity index (χ1) is 10.1. The zero-order chi connectivity index (χ0) is 15.2. The fourth-order valence-corrected chi connectivity index (χ4v) is 2.46. The first-order valence-corrected chi connectivity index (χ1v) is 6.98. The van der Waals surface area contributed by atoms with Crippen LogP contribution in [0.4, 0.5) is 10.5 Å². The van der Waals surface area contributed by atoms with Gasteiger partial charge in [-0.3, -0.25) is 4.98 Å². The molecule has 2 rings (SSSR count). The van der Waals surface area contributed by atoms with Crippen molar-refractivity contribution in [3.05, 3.63) is 24.0 Å². The lowest BCUT2D eigenvalue weighted by molar-refractivity contribution is 0.0696. The van der Waals surface area contributed by atoms with Crippen molar-refractivity contribution < 1.29 is 19.8 Å². The van der Waals surface area contributed by atoms with Gasteiger partial charge >= 0.3 is 12.0 Å². The van der Waals surface area contributed by atoms with E-state index in [9.17, 15) is 14.7 Å². The largest absolute Gasteiger partial charge is 0.478 e. The predicted molar refractivity (Wildman–Crippen MR) is 76.3 cm³/mol. The number of nitrogens with one attached hydrogen (secondary N) is 1. The Morgan fingerprint density at radius 3 is 2.86 bits per heavy atom. The summed E-state index contributed by atoms with van der Waals surface area (Å²) in [7, 11) is 0. The summed E-state index contributed by atoms with van der Waals surface area (Å²) < 4.78 is 0. The Kier molecular flexibility index (Phi) is 5.10. The Labute approximate surface area is 122 Å². The van der Waals surface area contributed by atoms with Crippen LogP contribution in [0, 0.1) is 0 Å². The zero-order valence-electron chi connectivity index (χ0n) is 11.7. The van der Waals surface area contributed by atoms with E-state index in [1.807, 2.05) is 0 Å². The van der Waals surface area contributed by atoms with Crippen molar-refractivity contribution in [3.63, 3.8) is 0 Å². The highest BCUT2D eigenvalue weighted by Gasteiger charge is 2.25. The number of rotatable bonds is 3. The summed E-state index contributed by atoms with van der Waals surface area (Å²) in [4.78, 5) is 28.6. The van der Waals surface area contributed by atoms with Crippen LogP contribution in [0.1, 0.15) is 36.0 Å². The Morgan fingerprint density at radius 1 is 1.33 bits per heavy atom. The number of carboxylic acid groups (broad SMARTS) is 1. The van der Waals surface area contributed by atoms with E-state index >= 15 is 0 Å². The number of hydrogen-bond donors (Lipinski definition) is 3. The second-order valence-corrected chi connectivity index (χ2v) is 5.08. The van der Waals surface area contributed by atoms with Gasteiger partial charge < -0.3 is 20.4 Å². The van der Waals surface area contributed by atoms with E-state index in [1.54, 1.807) is 4.90 Å². The number of carbonyl (C=O) groups is 2. The number of hydrogen-bond acceptors (Lipinski definition) is 4. The summed E-state index contributed by atoms with van der Waals surface area (Å²) >= 11 is 0. The number of nitrogens with zero attached hydrogens (tertiary/aromatic N) is 2. The van der Waals surface area contributed by atoms with Crippen LogP contribution < -0.4 is 5.32 Å². The van der Waals surface area contributed by atoms with Crippen LogP contribution in [0.25, 0.3) is 0 Å². The first kappa shape index (κ1) is 15.2. The van der Waals surface area contributed by atoms with Gasteiger partial charge in [-0.1, -0.05) is 12.8 Å². The quantitative estimate of drug-likeness (QED) is 0.784. The molecule has 21 heavy (non-hydrogen) atoms. The van der Waals surface area contributed by atoms with Gasteiger partial charge in [0, 0.05) is 12.7 Å². The number of aliphatic hydroxyl groups is 1. The summed E-state index contributed by atoms with van der Waals surface area (Å²) in [5, 5.41) is 21.0. The van der Waals surface area contributed by atoms with E-state index < -0.39 is 5.97 Å². The standard InChI is InChI=1S/C14H19N3O4/c18-9-12-4-2-1-3-5-17(12)14(21)16-11-6-10(13(19)20)7-15-8-11/h6-8,12,18H,1-5,9H2,(H,16,21)(H,19,20). The number of aromatic nitrogens is 1. The van der Waals surface area contributed by atoms with Gasteiger partial charge in [-0.15, -0.1) is 0 Å². The van der Waals surface area contributed by atoms with Gasteiger partial charge in [0.2, 0.25) is 0 Å². The molecule has 0 radical (unpaired) electrons. The lowest BCUT2D eigenvalue weighted by Gasteiger charge is -2.28. The fraction of sp³-hybridized carbons (Fsp3) is 0.500. The van der Waals surface area contributed by atoms with Crippen LogP contribution in [0.15, 0.2) is 18.5 Å². The molecule has 1 aliphatic heterocycles. The minimum Gasteiger partial charge on any atom is -0.478 e. The lowest BCUT2D eigenvalue weighted by Crippen LogP contribution is -2.44. The molecule has 7 heteroatoms. The molecule has 0 bridgehead atoms. The minimum absolute atomic E-state index is 0.0161. The van der Waals surface area contributed by atoms with Crippen LogP contribution in [0.5, 0.6) is 0 Å². The number of likely N-dealkylation sites (tertiary alicyclic amines) is 1. The molecule has 1 fully saturated rings. The van der Waals surface area contributed by atoms with Crippen molar-refractivity contribution in [2.75, 3.05) is 18.5 Å². The predicted octanol–water partition coefficient (Wildman–Crippen LogP) is 1.55. The van der Waals surface area contributed by atoms with Gasteiger partial charge in [0.05, 0.1) is 30.1 Å². The van der Waals surface area contributed by atoms with Crippen molar-refractivity contribution in [2.24, 2.45) is 0 Å². The van der Waals surface area contributed by atoms with Crippen LogP contribution in [0.2, 0.25) is 0 Å². The lowest BCUT2D eigenvalue weighted by atomic mass is 10.1. The molecule has 1 aromatic heterocycles. The first-order valence-electron chi connectivity index (χ1n) is 6.98. The van der Waals surface area contributed by atoms with Crippen LogP contribution in [0.3, 0.4) is 0 Å². The molecule has 7 nitrogen and oxygen atoms in total. The summed E-state index contributed by atoms with van der Waals surface area (Å²) in [5.74, 6) is -1.10. The Balaban J connectivity index is 2.08. The van der Waals surface area contributed by atoms with Gasteiger partial charge in [0.25, 0.3) is 0 Å². The third-order valence-corrected chi connectivity index (χ3v) is 3.59. The summed E-state index contributed by atoms with van der Waals surface area (Å²) in [6.07, 6.45) is 6.33. The number of carbonyl (C=O) groups excluding carboxylic acids is 1. The van der Waals surface area contributed by atoms with E-state index in [4.69, 9.17) is 5.11 Å². The van der Waals surface area contributed by atoms with E-state index in [1.165, 1.54) is 18.5 Å². The summed E-state index contributed by atoms with van der Waals surface area (Å²) in [6, 6.07) is 0.836. The van der Waals surface area contributed by atoms with Gasteiger partial charge in [-0.2, -0.15) is 0 Å². The van der Waals surface area contributed by atoms with Crippen LogP contribution >= 0.6 is 0 Å². The van der Waals surface area contributed by atoms with Crippen molar-refractivity contribution in [1.82, 2.24) is 9.88 Å². The van der Waals surface area contributed by atoms with Crippen molar-refractivity contribution in [1.29, 1.82) is 0 Å². The molecule has 1 aliphatic rings. The van der Waals surface area contributed by atoms with Crippen molar-refractivity contribution in [2.45, 2.75) is 31.7 Å². The van der Waals surface area contributed by atoms with E-state index in [0.29, 0.717) is 12.2 Å². The molecule has 3 N–H and O–H groups in total. The topological polar surface area (TPSA) is 103 Å². The van der Waals surface area contributed by atoms with Gasteiger partial charge in [0.1, 0.15) is 0 Å². The number of urea groups is 1. The molecule has 0 aromatic carbocycles. The molecule has 1 unspecified atom stereocenters. The summed E-state index contributed by atoms with van der Waals surface area (Å²) in [6.45, 7) is 0.518. The third kappa shape index (κ3) is 3.91. The SMILES string of the molecule is O=C(O)c1cncc(NC(=O)N2CCCCCC2CO)c1. The van der Waals surface area contributed by atoms with E-state index in [0.717, 1.165) is 25.7 Å². The number of amides is 2. The molecule has 0 aliphatic carbocycles. The third-order valence-electron chi connectivity index (χ3n) is 3.59. The highest BCUT2D eigenvalue weighted by atomic mass is 16.4. The maximum Gasteiger partial charge on any atom is 0.337 e. The molecular weight excluding hydrogens is 274 g/mol.